The van der Waals surface area contributed by atoms with Crippen LogP contribution in [-0.2, 0) is 17.6 Å². The highest BCUT2D eigenvalue weighted by Gasteiger charge is 2.22. The summed E-state index contributed by atoms with van der Waals surface area (Å²) in [4.78, 5) is 26.8. The summed E-state index contributed by atoms with van der Waals surface area (Å²) in [5.74, 6) is 0.833. The average Bonchev–Trinajstić information content (AvgIpc) is 2.84. The van der Waals surface area contributed by atoms with E-state index in [0.717, 1.165) is 73.4 Å². The minimum Gasteiger partial charge on any atom is -0.341 e. The van der Waals surface area contributed by atoms with E-state index in [9.17, 15) is 4.79 Å². The van der Waals surface area contributed by atoms with Gasteiger partial charge >= 0.3 is 0 Å². The summed E-state index contributed by atoms with van der Waals surface area (Å²) in [7, 11) is 4.30. The lowest BCUT2D eigenvalue weighted by Gasteiger charge is -2.35. The van der Waals surface area contributed by atoms with Crippen LogP contribution in [0.15, 0.2) is 42.5 Å². The molecule has 180 valence electrons. The van der Waals surface area contributed by atoms with Crippen LogP contribution in [0.3, 0.4) is 0 Å². The van der Waals surface area contributed by atoms with Gasteiger partial charge in [0.2, 0.25) is 11.9 Å². The Kier molecular flexibility index (Phi) is 7.78. The molecule has 6 heteroatoms. The Morgan fingerprint density at radius 3 is 2.35 bits per heavy atom. The standard InChI is InChI=1S/C28H37N5O/c1-5-6-21-7-9-22(10-8-21)11-14-27(34)30-23-12-13-26-25(19-23)20(2)29-28(31-26)33-17-15-24(16-18-33)32(3)4/h7-10,12-13,19,24H,5-6,11,14-18H2,1-4H3,(H,30,34). The fourth-order valence-electron chi connectivity index (χ4n) is 4.71. The first-order chi connectivity index (χ1) is 16.4. The first-order valence-electron chi connectivity index (χ1n) is 12.5. The number of nitrogens with zero attached hydrogens (tertiary/aromatic N) is 4. The van der Waals surface area contributed by atoms with Crippen molar-refractivity contribution in [2.75, 3.05) is 37.4 Å². The molecular weight excluding hydrogens is 422 g/mol. The molecular formula is C28H37N5O. The number of fused-ring (bicyclic) bond motifs is 1. The molecule has 1 aliphatic heterocycles. The smallest absolute Gasteiger partial charge is 0.226 e. The maximum absolute atomic E-state index is 12.6. The quantitative estimate of drug-likeness (QED) is 0.514. The van der Waals surface area contributed by atoms with Crippen molar-refractivity contribution in [1.82, 2.24) is 14.9 Å². The number of amides is 1. The third-order valence-electron chi connectivity index (χ3n) is 6.84. The van der Waals surface area contributed by atoms with Gasteiger partial charge in [-0.1, -0.05) is 37.6 Å². The van der Waals surface area contributed by atoms with Gasteiger partial charge in [-0.25, -0.2) is 9.97 Å². The van der Waals surface area contributed by atoms with Crippen LogP contribution in [0.4, 0.5) is 11.6 Å². The fraction of sp³-hybridized carbons (Fsp3) is 0.464. The van der Waals surface area contributed by atoms with Gasteiger partial charge in [0.05, 0.1) is 11.2 Å². The fourth-order valence-corrected chi connectivity index (χ4v) is 4.71. The van der Waals surface area contributed by atoms with Gasteiger partial charge in [-0.3, -0.25) is 4.79 Å². The molecule has 1 amide bonds. The molecule has 4 rings (SSSR count). The first-order valence-corrected chi connectivity index (χ1v) is 12.5. The second-order valence-electron chi connectivity index (χ2n) is 9.64. The topological polar surface area (TPSA) is 61.4 Å². The van der Waals surface area contributed by atoms with Gasteiger partial charge in [-0.05, 0) is 76.0 Å². The number of aromatic nitrogens is 2. The molecule has 1 aromatic heterocycles. The maximum atomic E-state index is 12.6. The van der Waals surface area contributed by atoms with Gasteiger partial charge in [0.15, 0.2) is 0 Å². The van der Waals surface area contributed by atoms with Crippen LogP contribution < -0.4 is 10.2 Å². The van der Waals surface area contributed by atoms with Crippen molar-refractivity contribution in [3.63, 3.8) is 0 Å². The van der Waals surface area contributed by atoms with E-state index >= 15 is 0 Å². The van der Waals surface area contributed by atoms with E-state index in [0.29, 0.717) is 12.5 Å². The summed E-state index contributed by atoms with van der Waals surface area (Å²) in [6, 6.07) is 15.2. The Labute approximate surface area is 203 Å². The summed E-state index contributed by atoms with van der Waals surface area (Å²) in [5.41, 5.74) is 5.20. The van der Waals surface area contributed by atoms with E-state index < -0.39 is 0 Å². The summed E-state index contributed by atoms with van der Waals surface area (Å²) in [6.45, 7) is 6.16. The number of benzene rings is 2. The third-order valence-corrected chi connectivity index (χ3v) is 6.84. The number of carbonyl (C=O) groups is 1. The summed E-state index contributed by atoms with van der Waals surface area (Å²) in [5, 5.41) is 4.03. The van der Waals surface area contributed by atoms with Crippen LogP contribution in [0.25, 0.3) is 10.9 Å². The number of aryl methyl sites for hydroxylation is 3. The minimum absolute atomic E-state index is 0.0240. The van der Waals surface area contributed by atoms with E-state index in [1.807, 2.05) is 25.1 Å². The van der Waals surface area contributed by atoms with Crippen molar-refractivity contribution < 1.29 is 4.79 Å². The molecule has 2 heterocycles. The summed E-state index contributed by atoms with van der Waals surface area (Å²) < 4.78 is 0. The van der Waals surface area contributed by atoms with Crippen molar-refractivity contribution in [2.24, 2.45) is 0 Å². The third kappa shape index (κ3) is 5.92. The van der Waals surface area contributed by atoms with Crippen LogP contribution in [0, 0.1) is 6.92 Å². The predicted molar refractivity (Wildman–Crippen MR) is 141 cm³/mol. The van der Waals surface area contributed by atoms with Crippen LogP contribution in [-0.4, -0.2) is 54.0 Å². The average molecular weight is 460 g/mol. The molecule has 0 saturated carbocycles. The Morgan fingerprint density at radius 2 is 1.71 bits per heavy atom. The van der Waals surface area contributed by atoms with Gasteiger partial charge in [-0.15, -0.1) is 0 Å². The number of anilines is 2. The Morgan fingerprint density at radius 1 is 1.03 bits per heavy atom. The lowest BCUT2D eigenvalue weighted by Crippen LogP contribution is -2.42. The second kappa shape index (κ2) is 11.0. The highest BCUT2D eigenvalue weighted by Crippen LogP contribution is 2.25. The molecule has 6 nitrogen and oxygen atoms in total. The molecule has 3 aromatic rings. The van der Waals surface area contributed by atoms with Crippen LogP contribution in [0.2, 0.25) is 0 Å². The number of carbonyl (C=O) groups excluding carboxylic acids is 1. The molecule has 0 radical (unpaired) electrons. The molecule has 0 unspecified atom stereocenters. The lowest BCUT2D eigenvalue weighted by molar-refractivity contribution is -0.116. The van der Waals surface area contributed by atoms with Crippen molar-refractivity contribution in [1.29, 1.82) is 0 Å². The molecule has 1 aliphatic rings. The van der Waals surface area contributed by atoms with Crippen molar-refractivity contribution in [3.8, 4) is 0 Å². The highest BCUT2D eigenvalue weighted by atomic mass is 16.1. The molecule has 0 bridgehead atoms. The largest absolute Gasteiger partial charge is 0.341 e. The van der Waals surface area contributed by atoms with E-state index in [1.54, 1.807) is 0 Å². The maximum Gasteiger partial charge on any atom is 0.226 e. The first kappa shape index (κ1) is 24.1. The minimum atomic E-state index is 0.0240. The number of hydrogen-bond donors (Lipinski definition) is 1. The van der Waals surface area contributed by atoms with E-state index in [2.05, 4.69) is 60.4 Å². The molecule has 0 spiro atoms. The number of rotatable bonds is 8. The van der Waals surface area contributed by atoms with Crippen LogP contribution >= 0.6 is 0 Å². The molecule has 0 aliphatic carbocycles. The summed E-state index contributed by atoms with van der Waals surface area (Å²) in [6.07, 6.45) is 5.70. The molecule has 1 N–H and O–H groups in total. The van der Waals surface area contributed by atoms with E-state index in [-0.39, 0.29) is 5.91 Å². The van der Waals surface area contributed by atoms with Gasteiger partial charge in [-0.2, -0.15) is 0 Å². The van der Waals surface area contributed by atoms with Gasteiger partial charge in [0, 0.05) is 36.6 Å². The molecule has 34 heavy (non-hydrogen) atoms. The zero-order valence-electron chi connectivity index (χ0n) is 21.0. The SMILES string of the molecule is CCCc1ccc(CCC(=O)Nc2ccc3nc(N4CCC(N(C)C)CC4)nc(C)c3c2)cc1. The monoisotopic (exact) mass is 459 g/mol. The zero-order valence-corrected chi connectivity index (χ0v) is 21.0. The van der Waals surface area contributed by atoms with Crippen molar-refractivity contribution in [3.05, 3.63) is 59.3 Å². The Hall–Kier alpha value is -2.99. The second-order valence-corrected chi connectivity index (χ2v) is 9.64. The molecule has 1 fully saturated rings. The number of piperidine rings is 1. The Bertz CT molecular complexity index is 1120. The van der Waals surface area contributed by atoms with Gasteiger partial charge < -0.3 is 15.1 Å². The van der Waals surface area contributed by atoms with Crippen LogP contribution in [0.1, 0.15) is 49.4 Å². The van der Waals surface area contributed by atoms with Crippen molar-refractivity contribution >= 4 is 28.4 Å². The lowest BCUT2D eigenvalue weighted by atomic mass is 10.0. The van der Waals surface area contributed by atoms with E-state index in [1.165, 1.54) is 11.1 Å². The highest BCUT2D eigenvalue weighted by molar-refractivity contribution is 5.94. The number of hydrogen-bond acceptors (Lipinski definition) is 5. The van der Waals surface area contributed by atoms with Gasteiger partial charge in [0.25, 0.3) is 0 Å². The summed E-state index contributed by atoms with van der Waals surface area (Å²) >= 11 is 0. The normalized spacial score (nSPS) is 14.7. The van der Waals surface area contributed by atoms with Crippen LogP contribution in [0.5, 0.6) is 0 Å². The Balaban J connectivity index is 1.37. The van der Waals surface area contributed by atoms with E-state index in [4.69, 9.17) is 9.97 Å². The van der Waals surface area contributed by atoms with Crippen molar-refractivity contribution in [2.45, 2.75) is 58.4 Å². The van der Waals surface area contributed by atoms with Gasteiger partial charge in [0.1, 0.15) is 0 Å². The number of nitrogens with one attached hydrogen (secondary N) is 1. The molecule has 1 saturated heterocycles. The predicted octanol–water partition coefficient (Wildman–Crippen LogP) is 4.99. The zero-order chi connectivity index (χ0) is 24.1. The molecule has 2 aromatic carbocycles. The molecule has 0 atom stereocenters.